The summed E-state index contributed by atoms with van der Waals surface area (Å²) in [6, 6.07) is 15.4. The van der Waals surface area contributed by atoms with Crippen LogP contribution >= 0.6 is 0 Å². The van der Waals surface area contributed by atoms with Crippen LogP contribution in [-0.4, -0.2) is 0 Å². The molecule has 0 aliphatic carbocycles. The molecule has 0 aromatic heterocycles. The first kappa shape index (κ1) is 18.1. The molecule has 0 atom stereocenters. The lowest BCUT2D eigenvalue weighted by atomic mass is 10.0. The summed E-state index contributed by atoms with van der Waals surface area (Å²) in [5, 5.41) is 0. The predicted molar refractivity (Wildman–Crippen MR) is 96.6 cm³/mol. The summed E-state index contributed by atoms with van der Waals surface area (Å²) in [5.41, 5.74) is 3.40. The van der Waals surface area contributed by atoms with E-state index in [2.05, 4.69) is 0 Å². The highest BCUT2D eigenvalue weighted by molar-refractivity contribution is 5.64. The maximum Gasteiger partial charge on any atom is 0.200 e. The highest BCUT2D eigenvalue weighted by atomic mass is 19.2. The van der Waals surface area contributed by atoms with E-state index < -0.39 is 11.6 Å². The molecule has 0 aliphatic rings. The Kier molecular flexibility index (Phi) is 5.31. The van der Waals surface area contributed by atoms with Crippen LogP contribution in [0.4, 0.5) is 13.2 Å². The molecule has 0 N–H and O–H groups in total. The van der Waals surface area contributed by atoms with Crippen molar-refractivity contribution in [3.05, 3.63) is 88.7 Å². The van der Waals surface area contributed by atoms with Gasteiger partial charge in [-0.05, 0) is 53.3 Å². The van der Waals surface area contributed by atoms with Crippen LogP contribution in [0.5, 0.6) is 5.75 Å². The molecule has 0 spiro atoms. The largest absolute Gasteiger partial charge is 0.486 e. The third-order valence-corrected chi connectivity index (χ3v) is 4.36. The van der Waals surface area contributed by atoms with Crippen LogP contribution in [0.25, 0.3) is 11.1 Å². The first-order valence-electron chi connectivity index (χ1n) is 8.44. The van der Waals surface area contributed by atoms with Crippen molar-refractivity contribution in [1.82, 2.24) is 0 Å². The minimum Gasteiger partial charge on any atom is -0.486 e. The number of ether oxygens (including phenoxy) is 1. The molecular formula is C22H19F3O. The number of rotatable bonds is 5. The first-order valence-corrected chi connectivity index (χ1v) is 8.44. The maximum atomic E-state index is 13.9. The van der Waals surface area contributed by atoms with Crippen LogP contribution in [0.1, 0.15) is 23.6 Å². The molecule has 0 radical (unpaired) electrons. The summed E-state index contributed by atoms with van der Waals surface area (Å²) in [4.78, 5) is 0. The molecule has 4 heteroatoms. The van der Waals surface area contributed by atoms with Crippen LogP contribution in [0.15, 0.2) is 54.6 Å². The Morgan fingerprint density at radius 1 is 0.808 bits per heavy atom. The second kappa shape index (κ2) is 7.65. The van der Waals surface area contributed by atoms with Gasteiger partial charge in [0.05, 0.1) is 0 Å². The zero-order valence-electron chi connectivity index (χ0n) is 14.7. The van der Waals surface area contributed by atoms with E-state index in [4.69, 9.17) is 4.74 Å². The van der Waals surface area contributed by atoms with Crippen LogP contribution in [0, 0.1) is 24.4 Å². The Balaban J connectivity index is 1.72. The molecule has 0 fully saturated rings. The lowest BCUT2D eigenvalue weighted by Crippen LogP contribution is -2.00. The fraction of sp³-hybridized carbons (Fsp3) is 0.182. The van der Waals surface area contributed by atoms with Crippen molar-refractivity contribution in [1.29, 1.82) is 0 Å². The van der Waals surface area contributed by atoms with Gasteiger partial charge in [0.2, 0.25) is 5.82 Å². The Morgan fingerprint density at radius 2 is 1.50 bits per heavy atom. The average molecular weight is 356 g/mol. The highest BCUT2D eigenvalue weighted by Crippen LogP contribution is 2.25. The van der Waals surface area contributed by atoms with Crippen molar-refractivity contribution in [2.45, 2.75) is 26.9 Å². The van der Waals surface area contributed by atoms with E-state index in [1.807, 2.05) is 37.3 Å². The summed E-state index contributed by atoms with van der Waals surface area (Å²) in [6.07, 6.45) is 0.651. The van der Waals surface area contributed by atoms with E-state index in [1.54, 1.807) is 6.07 Å². The molecule has 0 unspecified atom stereocenters. The van der Waals surface area contributed by atoms with Gasteiger partial charge in [-0.3, -0.25) is 0 Å². The Hall–Kier alpha value is -2.75. The van der Waals surface area contributed by atoms with Gasteiger partial charge in [-0.25, -0.2) is 8.78 Å². The van der Waals surface area contributed by atoms with E-state index >= 15 is 0 Å². The van der Waals surface area contributed by atoms with E-state index in [1.165, 1.54) is 25.1 Å². The monoisotopic (exact) mass is 356 g/mol. The minimum absolute atomic E-state index is 0.114. The van der Waals surface area contributed by atoms with Crippen molar-refractivity contribution < 1.29 is 17.9 Å². The summed E-state index contributed by atoms with van der Waals surface area (Å²) in [5.74, 6) is -2.20. The third-order valence-electron chi connectivity index (χ3n) is 4.36. The van der Waals surface area contributed by atoms with Gasteiger partial charge in [0.25, 0.3) is 0 Å². The van der Waals surface area contributed by atoms with Crippen molar-refractivity contribution in [2.75, 3.05) is 0 Å². The fourth-order valence-corrected chi connectivity index (χ4v) is 2.71. The summed E-state index contributed by atoms with van der Waals surface area (Å²) >= 11 is 0. The molecule has 3 aromatic rings. The number of aryl methyl sites for hydroxylation is 2. The molecule has 0 saturated heterocycles. The van der Waals surface area contributed by atoms with Gasteiger partial charge in [0.15, 0.2) is 11.6 Å². The van der Waals surface area contributed by atoms with E-state index in [0.29, 0.717) is 12.0 Å². The van der Waals surface area contributed by atoms with Crippen molar-refractivity contribution in [3.8, 4) is 16.9 Å². The van der Waals surface area contributed by atoms with Crippen LogP contribution < -0.4 is 4.74 Å². The van der Waals surface area contributed by atoms with Gasteiger partial charge in [-0.2, -0.15) is 4.39 Å². The lowest BCUT2D eigenvalue weighted by molar-refractivity contribution is 0.284. The van der Waals surface area contributed by atoms with Gasteiger partial charge in [0, 0.05) is 0 Å². The quantitative estimate of drug-likeness (QED) is 0.527. The Morgan fingerprint density at radius 3 is 2.15 bits per heavy atom. The molecular weight excluding hydrogens is 337 g/mol. The normalized spacial score (nSPS) is 10.8. The van der Waals surface area contributed by atoms with Crippen molar-refractivity contribution in [3.63, 3.8) is 0 Å². The molecule has 0 bridgehead atoms. The SMILES string of the molecule is CCc1ccc(-c2ccc(COc3ccc(C)c(F)c3F)cc2)cc1F. The molecule has 26 heavy (non-hydrogen) atoms. The second-order valence-electron chi connectivity index (χ2n) is 6.15. The van der Waals surface area contributed by atoms with Gasteiger partial charge in [0.1, 0.15) is 12.4 Å². The van der Waals surface area contributed by atoms with Crippen LogP contribution in [0.2, 0.25) is 0 Å². The lowest BCUT2D eigenvalue weighted by Gasteiger charge is -2.10. The van der Waals surface area contributed by atoms with E-state index in [-0.39, 0.29) is 23.7 Å². The number of halogens is 3. The first-order chi connectivity index (χ1) is 12.5. The Bertz CT molecular complexity index is 917. The standard InChI is InChI=1S/C22H19F3O/c1-3-16-9-10-18(12-19(16)23)17-7-5-15(6-8-17)13-26-20-11-4-14(2)21(24)22(20)25/h4-12H,3,13H2,1-2H3. The third kappa shape index (κ3) is 3.74. The smallest absolute Gasteiger partial charge is 0.200 e. The van der Waals surface area contributed by atoms with Crippen molar-refractivity contribution >= 4 is 0 Å². The molecule has 1 nitrogen and oxygen atoms in total. The van der Waals surface area contributed by atoms with E-state index in [0.717, 1.165) is 16.7 Å². The van der Waals surface area contributed by atoms with E-state index in [9.17, 15) is 13.2 Å². The molecule has 3 rings (SSSR count). The number of hydrogen-bond acceptors (Lipinski definition) is 1. The fourth-order valence-electron chi connectivity index (χ4n) is 2.71. The van der Waals surface area contributed by atoms with Crippen molar-refractivity contribution in [2.24, 2.45) is 0 Å². The summed E-state index contributed by atoms with van der Waals surface area (Å²) < 4.78 is 46.7. The molecule has 0 amide bonds. The number of hydrogen-bond donors (Lipinski definition) is 0. The zero-order valence-corrected chi connectivity index (χ0v) is 14.7. The molecule has 134 valence electrons. The van der Waals surface area contributed by atoms with Gasteiger partial charge < -0.3 is 4.74 Å². The topological polar surface area (TPSA) is 9.23 Å². The molecule has 0 saturated carbocycles. The summed E-state index contributed by atoms with van der Waals surface area (Å²) in [6.45, 7) is 3.52. The maximum absolute atomic E-state index is 13.9. The minimum atomic E-state index is -0.979. The zero-order chi connectivity index (χ0) is 18.7. The van der Waals surface area contributed by atoms with Gasteiger partial charge in [-0.15, -0.1) is 0 Å². The van der Waals surface area contributed by atoms with Gasteiger partial charge in [-0.1, -0.05) is 49.4 Å². The predicted octanol–water partition coefficient (Wildman–Crippen LogP) is 6.22. The number of benzene rings is 3. The molecule has 0 aliphatic heterocycles. The average Bonchev–Trinajstić information content (AvgIpc) is 2.66. The second-order valence-corrected chi connectivity index (χ2v) is 6.15. The van der Waals surface area contributed by atoms with Gasteiger partial charge >= 0.3 is 0 Å². The highest BCUT2D eigenvalue weighted by Gasteiger charge is 2.12. The molecule has 0 heterocycles. The summed E-state index contributed by atoms with van der Waals surface area (Å²) in [7, 11) is 0. The Labute approximate surface area is 151 Å². The molecule has 3 aromatic carbocycles. The van der Waals surface area contributed by atoms with Crippen LogP contribution in [-0.2, 0) is 13.0 Å². The van der Waals surface area contributed by atoms with Crippen LogP contribution in [0.3, 0.4) is 0 Å².